The summed E-state index contributed by atoms with van der Waals surface area (Å²) < 4.78 is 0. The minimum Gasteiger partial charge on any atom is -0.507 e. The number of hydrogen-bond acceptors (Lipinski definition) is 6. The Morgan fingerprint density at radius 2 is 1.70 bits per heavy atom. The largest absolute Gasteiger partial charge is 0.507 e. The minimum atomic E-state index is -2.04. The van der Waals surface area contributed by atoms with E-state index in [1.807, 2.05) is 13.8 Å². The van der Waals surface area contributed by atoms with Gasteiger partial charge in [-0.05, 0) is 51.8 Å². The fraction of sp³-hybridized carbons (Fsp3) is 0.381. The van der Waals surface area contributed by atoms with Crippen LogP contribution in [0.15, 0.2) is 35.4 Å². The number of aliphatic hydroxyl groups excluding tert-OH is 1. The molecule has 1 aromatic rings. The van der Waals surface area contributed by atoms with Crippen LogP contribution in [-0.2, 0) is 4.79 Å². The molecule has 1 aliphatic rings. The molecule has 2 rings (SSSR count). The second-order valence-electron chi connectivity index (χ2n) is 7.09. The number of carbonyl (C=O) groups excluding carboxylic acids is 3. The lowest BCUT2D eigenvalue weighted by Gasteiger charge is -2.38. The van der Waals surface area contributed by atoms with Crippen molar-refractivity contribution < 1.29 is 29.7 Å². The summed E-state index contributed by atoms with van der Waals surface area (Å²) >= 11 is 0. The Bertz CT molecular complexity index is 873. The van der Waals surface area contributed by atoms with Gasteiger partial charge >= 0.3 is 0 Å². The van der Waals surface area contributed by atoms with E-state index in [0.717, 1.165) is 17.7 Å². The predicted octanol–water partition coefficient (Wildman–Crippen LogP) is 3.11. The average molecular weight is 372 g/mol. The maximum absolute atomic E-state index is 13.4. The van der Waals surface area contributed by atoms with Gasteiger partial charge in [-0.2, -0.15) is 0 Å². The first-order chi connectivity index (χ1) is 12.6. The highest BCUT2D eigenvalue weighted by Gasteiger charge is 2.57. The lowest BCUT2D eigenvalue weighted by atomic mass is 9.62. The smallest absolute Gasteiger partial charge is 0.184 e. The molecule has 0 heterocycles. The van der Waals surface area contributed by atoms with E-state index in [9.17, 15) is 29.7 Å². The van der Waals surface area contributed by atoms with Crippen LogP contribution < -0.4 is 0 Å². The van der Waals surface area contributed by atoms with Gasteiger partial charge < -0.3 is 15.3 Å². The van der Waals surface area contributed by atoms with Crippen LogP contribution in [0.5, 0.6) is 11.5 Å². The number of rotatable bonds is 5. The van der Waals surface area contributed by atoms with Crippen molar-refractivity contribution in [3.63, 3.8) is 0 Å². The Morgan fingerprint density at radius 1 is 1.15 bits per heavy atom. The molecule has 27 heavy (non-hydrogen) atoms. The molecule has 0 saturated heterocycles. The van der Waals surface area contributed by atoms with Crippen LogP contribution in [0, 0.1) is 5.41 Å². The minimum absolute atomic E-state index is 0.000993. The van der Waals surface area contributed by atoms with Crippen LogP contribution in [0.4, 0.5) is 0 Å². The number of aromatic hydroxyl groups is 2. The summed E-state index contributed by atoms with van der Waals surface area (Å²) in [5.74, 6) is -3.14. The molecule has 0 saturated carbocycles. The standard InChI is InChI=1S/C21H24O6/c1-5-12(4)19(26)21(16(25)9-6-11(2)3)10-15(24)17-13(22)7-8-14(23)18(17)20(21)27/h5-8,16,22-23,25H,9-10H2,1-4H3/b12-5+/t16-,21?/m1/s1. The third-order valence-electron chi connectivity index (χ3n) is 5.03. The van der Waals surface area contributed by atoms with Crippen LogP contribution in [0.2, 0.25) is 0 Å². The Morgan fingerprint density at radius 3 is 2.22 bits per heavy atom. The van der Waals surface area contributed by atoms with Gasteiger partial charge in [0.15, 0.2) is 17.3 Å². The molecule has 1 aromatic carbocycles. The zero-order valence-corrected chi connectivity index (χ0v) is 15.9. The van der Waals surface area contributed by atoms with E-state index < -0.39 is 52.4 Å². The first-order valence-electron chi connectivity index (χ1n) is 8.70. The molecule has 3 N–H and O–H groups in total. The zero-order chi connectivity index (χ0) is 20.5. The summed E-state index contributed by atoms with van der Waals surface area (Å²) in [6.45, 7) is 6.75. The molecule has 0 spiro atoms. The van der Waals surface area contributed by atoms with E-state index in [1.165, 1.54) is 13.0 Å². The Labute approximate surface area is 157 Å². The number of aliphatic hydroxyl groups is 1. The molecule has 0 aliphatic heterocycles. The van der Waals surface area contributed by atoms with E-state index in [0.29, 0.717) is 0 Å². The number of Topliss-reactive ketones (excluding diaryl/α,β-unsaturated/α-hetero) is 3. The monoisotopic (exact) mass is 372 g/mol. The van der Waals surface area contributed by atoms with Gasteiger partial charge in [0.2, 0.25) is 0 Å². The molecule has 6 nitrogen and oxygen atoms in total. The molecule has 0 bridgehead atoms. The zero-order valence-electron chi connectivity index (χ0n) is 15.9. The molecule has 0 fully saturated rings. The third-order valence-corrected chi connectivity index (χ3v) is 5.03. The summed E-state index contributed by atoms with van der Waals surface area (Å²) in [4.78, 5) is 39.2. The maximum Gasteiger partial charge on any atom is 0.184 e. The van der Waals surface area contributed by atoms with Crippen LogP contribution in [0.1, 0.15) is 61.3 Å². The normalized spacial score (nSPS) is 20.9. The number of fused-ring (bicyclic) bond motifs is 1. The molecule has 144 valence electrons. The number of carbonyl (C=O) groups is 3. The molecule has 1 unspecified atom stereocenters. The van der Waals surface area contributed by atoms with Gasteiger partial charge in [0.1, 0.15) is 16.9 Å². The van der Waals surface area contributed by atoms with Crippen molar-refractivity contribution in [1.29, 1.82) is 0 Å². The first-order valence-corrected chi connectivity index (χ1v) is 8.70. The molecule has 0 radical (unpaired) electrons. The fourth-order valence-electron chi connectivity index (χ4n) is 3.37. The molecule has 0 aromatic heterocycles. The molecule has 0 amide bonds. The van der Waals surface area contributed by atoms with Gasteiger partial charge in [-0.25, -0.2) is 0 Å². The predicted molar refractivity (Wildman–Crippen MR) is 100.0 cm³/mol. The van der Waals surface area contributed by atoms with Crippen LogP contribution in [-0.4, -0.2) is 38.8 Å². The van der Waals surface area contributed by atoms with Crippen LogP contribution in [0.25, 0.3) is 0 Å². The number of ketones is 3. The highest BCUT2D eigenvalue weighted by molar-refractivity contribution is 6.29. The van der Waals surface area contributed by atoms with Gasteiger partial charge in [-0.15, -0.1) is 0 Å². The Balaban J connectivity index is 2.76. The number of benzene rings is 1. The Kier molecular flexibility index (Phi) is 5.70. The quantitative estimate of drug-likeness (QED) is 0.317. The summed E-state index contributed by atoms with van der Waals surface area (Å²) in [6, 6.07) is 2.20. The Hall–Kier alpha value is -2.73. The highest BCUT2D eigenvalue weighted by Crippen LogP contribution is 2.46. The lowest BCUT2D eigenvalue weighted by Crippen LogP contribution is -2.53. The highest BCUT2D eigenvalue weighted by atomic mass is 16.3. The lowest BCUT2D eigenvalue weighted by molar-refractivity contribution is -0.127. The maximum atomic E-state index is 13.4. The SMILES string of the molecule is C/C=C(\C)C(=O)C1([C@H](O)CC=C(C)C)CC(=O)c2c(O)ccc(O)c2C1=O. The van der Waals surface area contributed by atoms with Crippen molar-refractivity contribution >= 4 is 17.3 Å². The van der Waals surface area contributed by atoms with E-state index in [-0.39, 0.29) is 17.6 Å². The van der Waals surface area contributed by atoms with E-state index in [2.05, 4.69) is 0 Å². The molecule has 2 atom stereocenters. The second-order valence-corrected chi connectivity index (χ2v) is 7.09. The molecular formula is C21H24O6. The number of phenolic OH excluding ortho intramolecular Hbond substituents is 2. The summed E-state index contributed by atoms with van der Waals surface area (Å²) in [7, 11) is 0. The van der Waals surface area contributed by atoms with Crippen molar-refractivity contribution in [2.24, 2.45) is 5.41 Å². The van der Waals surface area contributed by atoms with Crippen molar-refractivity contribution in [3.8, 4) is 11.5 Å². The summed E-state index contributed by atoms with van der Waals surface area (Å²) in [6.07, 6.45) is 1.16. The van der Waals surface area contributed by atoms with Gasteiger partial charge in [0, 0.05) is 6.42 Å². The van der Waals surface area contributed by atoms with Crippen molar-refractivity contribution in [1.82, 2.24) is 0 Å². The fourth-order valence-corrected chi connectivity index (χ4v) is 3.37. The average Bonchev–Trinajstić information content (AvgIpc) is 2.63. The van der Waals surface area contributed by atoms with Crippen molar-refractivity contribution in [3.05, 3.63) is 46.6 Å². The van der Waals surface area contributed by atoms with E-state index in [1.54, 1.807) is 13.0 Å². The van der Waals surface area contributed by atoms with Gasteiger partial charge in [0.05, 0.1) is 17.2 Å². The molecule has 1 aliphatic carbocycles. The number of phenols is 2. The summed E-state index contributed by atoms with van der Waals surface area (Å²) in [5, 5.41) is 31.0. The van der Waals surface area contributed by atoms with Crippen molar-refractivity contribution in [2.45, 2.75) is 46.6 Å². The third kappa shape index (κ3) is 3.32. The van der Waals surface area contributed by atoms with Gasteiger partial charge in [-0.1, -0.05) is 17.7 Å². The van der Waals surface area contributed by atoms with Crippen LogP contribution >= 0.6 is 0 Å². The number of hydrogen-bond donors (Lipinski definition) is 3. The molecular weight excluding hydrogens is 348 g/mol. The van der Waals surface area contributed by atoms with E-state index >= 15 is 0 Å². The van der Waals surface area contributed by atoms with Crippen molar-refractivity contribution in [2.75, 3.05) is 0 Å². The second kappa shape index (κ2) is 7.48. The van der Waals surface area contributed by atoms with Gasteiger partial charge in [-0.3, -0.25) is 14.4 Å². The first kappa shape index (κ1) is 20.6. The number of allylic oxidation sites excluding steroid dienone is 3. The van der Waals surface area contributed by atoms with Gasteiger partial charge in [0.25, 0.3) is 0 Å². The van der Waals surface area contributed by atoms with E-state index in [4.69, 9.17) is 0 Å². The summed E-state index contributed by atoms with van der Waals surface area (Å²) in [5.41, 5.74) is -1.65. The molecule has 6 heteroatoms. The topological polar surface area (TPSA) is 112 Å². The van der Waals surface area contributed by atoms with Crippen LogP contribution in [0.3, 0.4) is 0 Å².